The summed E-state index contributed by atoms with van der Waals surface area (Å²) in [6.07, 6.45) is 3.13. The molecule has 0 spiro atoms. The molecule has 0 saturated carbocycles. The van der Waals surface area contributed by atoms with Gasteiger partial charge in [-0.2, -0.15) is 0 Å². The second-order valence-electron chi connectivity index (χ2n) is 6.45. The van der Waals surface area contributed by atoms with Gasteiger partial charge in [-0.25, -0.2) is 9.78 Å². The summed E-state index contributed by atoms with van der Waals surface area (Å²) in [5.41, 5.74) is 1.46. The zero-order valence-corrected chi connectivity index (χ0v) is 16.7. The van der Waals surface area contributed by atoms with Crippen molar-refractivity contribution in [2.75, 3.05) is 32.8 Å². The van der Waals surface area contributed by atoms with Gasteiger partial charge in [0.15, 0.2) is 11.5 Å². The van der Waals surface area contributed by atoms with Crippen LogP contribution >= 0.6 is 11.3 Å². The number of aryl methyl sites for hydroxylation is 1. The molecule has 2 heterocycles. The van der Waals surface area contributed by atoms with Crippen LogP contribution in [-0.4, -0.2) is 53.8 Å². The third-order valence-electron chi connectivity index (χ3n) is 4.58. The first kappa shape index (κ1) is 19.6. The summed E-state index contributed by atoms with van der Waals surface area (Å²) >= 11 is 1.20. The number of likely N-dealkylation sites (tertiary alicyclic amines) is 1. The molecule has 1 saturated heterocycles. The molecule has 1 fully saturated rings. The molecule has 1 aromatic heterocycles. The molecular weight excluding hydrogens is 364 g/mol. The first-order valence-corrected chi connectivity index (χ1v) is 10.3. The lowest BCUT2D eigenvalue weighted by Gasteiger charge is -2.17. The third kappa shape index (κ3) is 4.78. The Morgan fingerprint density at radius 3 is 2.63 bits per heavy atom. The largest absolute Gasteiger partial charge is 0.490 e. The molecule has 0 aliphatic carbocycles. The molecule has 1 aliphatic heterocycles. The van der Waals surface area contributed by atoms with Crippen molar-refractivity contribution < 1.29 is 19.4 Å². The van der Waals surface area contributed by atoms with Crippen LogP contribution in [0.15, 0.2) is 18.2 Å². The van der Waals surface area contributed by atoms with E-state index in [1.165, 1.54) is 24.2 Å². The second-order valence-corrected chi connectivity index (χ2v) is 7.44. The van der Waals surface area contributed by atoms with Gasteiger partial charge in [-0.05, 0) is 57.5 Å². The summed E-state index contributed by atoms with van der Waals surface area (Å²) in [5.74, 6) is 0.453. The maximum absolute atomic E-state index is 11.4. The predicted octanol–water partition coefficient (Wildman–Crippen LogP) is 3.94. The van der Waals surface area contributed by atoms with E-state index in [4.69, 9.17) is 9.47 Å². The number of thiazole rings is 1. The van der Waals surface area contributed by atoms with Gasteiger partial charge in [-0.3, -0.25) is 4.90 Å². The normalized spacial score (nSPS) is 14.4. The zero-order valence-electron chi connectivity index (χ0n) is 15.9. The molecule has 1 aliphatic rings. The predicted molar refractivity (Wildman–Crippen MR) is 106 cm³/mol. The van der Waals surface area contributed by atoms with Crippen molar-refractivity contribution >= 4 is 17.3 Å². The number of ether oxygens (including phenoxy) is 2. The third-order valence-corrected chi connectivity index (χ3v) is 5.72. The molecule has 3 rings (SSSR count). The van der Waals surface area contributed by atoms with E-state index in [0.29, 0.717) is 46.7 Å². The molecule has 0 unspecified atom stereocenters. The van der Waals surface area contributed by atoms with Crippen LogP contribution in [0, 0.1) is 0 Å². The van der Waals surface area contributed by atoms with Gasteiger partial charge < -0.3 is 14.6 Å². The van der Waals surface area contributed by atoms with Gasteiger partial charge in [0.25, 0.3) is 0 Å². The van der Waals surface area contributed by atoms with E-state index >= 15 is 0 Å². The average molecular weight is 391 g/mol. The molecule has 6 nitrogen and oxygen atoms in total. The van der Waals surface area contributed by atoms with E-state index < -0.39 is 5.97 Å². The second kappa shape index (κ2) is 9.19. The lowest BCUT2D eigenvalue weighted by atomic mass is 10.2. The molecule has 7 heteroatoms. The number of benzene rings is 1. The minimum atomic E-state index is -0.928. The summed E-state index contributed by atoms with van der Waals surface area (Å²) in [6, 6.07) is 5.69. The summed E-state index contributed by atoms with van der Waals surface area (Å²) in [7, 11) is 0. The van der Waals surface area contributed by atoms with E-state index in [9.17, 15) is 9.90 Å². The van der Waals surface area contributed by atoms with Crippen molar-refractivity contribution in [2.24, 2.45) is 0 Å². The molecule has 0 bridgehead atoms. The summed E-state index contributed by atoms with van der Waals surface area (Å²) < 4.78 is 11.7. The first-order chi connectivity index (χ1) is 13.1. The van der Waals surface area contributed by atoms with Crippen LogP contribution in [-0.2, 0) is 6.42 Å². The number of aromatic carboxylic acids is 1. The van der Waals surface area contributed by atoms with E-state index in [1.807, 2.05) is 32.0 Å². The molecule has 2 aromatic rings. The number of carboxylic acids is 1. The molecule has 0 radical (unpaired) electrons. The van der Waals surface area contributed by atoms with Gasteiger partial charge in [0.05, 0.1) is 12.3 Å². The number of aromatic nitrogens is 1. The van der Waals surface area contributed by atoms with Crippen molar-refractivity contribution in [3.63, 3.8) is 0 Å². The van der Waals surface area contributed by atoms with Crippen molar-refractivity contribution in [2.45, 2.75) is 33.1 Å². The van der Waals surface area contributed by atoms with Crippen LogP contribution in [0.25, 0.3) is 10.6 Å². The van der Waals surface area contributed by atoms with Gasteiger partial charge >= 0.3 is 5.97 Å². The highest BCUT2D eigenvalue weighted by Crippen LogP contribution is 2.35. The fourth-order valence-corrected chi connectivity index (χ4v) is 4.19. The maximum atomic E-state index is 11.4. The van der Waals surface area contributed by atoms with Gasteiger partial charge in [-0.1, -0.05) is 6.92 Å². The number of hydrogen-bond donors (Lipinski definition) is 1. The molecule has 0 atom stereocenters. The Balaban J connectivity index is 1.77. The SMILES string of the molecule is CCOc1cc(-c2nc(CC)c(C(=O)O)s2)ccc1OCCN1CCCC1. The highest BCUT2D eigenvalue weighted by atomic mass is 32.1. The highest BCUT2D eigenvalue weighted by Gasteiger charge is 2.18. The minimum absolute atomic E-state index is 0.302. The average Bonchev–Trinajstić information content (AvgIpc) is 3.32. The number of rotatable bonds is 9. The monoisotopic (exact) mass is 390 g/mol. The van der Waals surface area contributed by atoms with Gasteiger partial charge in [-0.15, -0.1) is 11.3 Å². The Bertz CT molecular complexity index is 784. The molecular formula is C20H26N2O4S. The Morgan fingerprint density at radius 1 is 1.22 bits per heavy atom. The lowest BCUT2D eigenvalue weighted by Crippen LogP contribution is -2.25. The smallest absolute Gasteiger partial charge is 0.347 e. The highest BCUT2D eigenvalue weighted by molar-refractivity contribution is 7.17. The molecule has 27 heavy (non-hydrogen) atoms. The fraction of sp³-hybridized carbons (Fsp3) is 0.500. The van der Waals surface area contributed by atoms with E-state index in [0.717, 1.165) is 25.2 Å². The van der Waals surface area contributed by atoms with Crippen molar-refractivity contribution in [3.8, 4) is 22.1 Å². The van der Waals surface area contributed by atoms with Crippen LogP contribution in [0.3, 0.4) is 0 Å². The standard InChI is InChI=1S/C20H26N2O4S/c1-3-15-18(20(23)24)27-19(21-15)14-7-8-16(17(13-14)25-4-2)26-12-11-22-9-5-6-10-22/h7-8,13H,3-6,9-12H2,1-2H3,(H,23,24). The Morgan fingerprint density at radius 2 is 2.00 bits per heavy atom. The fourth-order valence-electron chi connectivity index (χ4n) is 3.20. The summed E-state index contributed by atoms with van der Waals surface area (Å²) in [5, 5.41) is 10.0. The van der Waals surface area contributed by atoms with Crippen LogP contribution in [0.1, 0.15) is 42.1 Å². The number of carbonyl (C=O) groups is 1. The Hall–Kier alpha value is -2.12. The zero-order chi connectivity index (χ0) is 19.2. The van der Waals surface area contributed by atoms with E-state index in [1.54, 1.807) is 0 Å². The number of hydrogen-bond acceptors (Lipinski definition) is 6. The summed E-state index contributed by atoms with van der Waals surface area (Å²) in [4.78, 5) is 18.6. The van der Waals surface area contributed by atoms with Crippen LogP contribution in [0.4, 0.5) is 0 Å². The molecule has 1 N–H and O–H groups in total. The van der Waals surface area contributed by atoms with Crippen molar-refractivity contribution in [1.29, 1.82) is 0 Å². The quantitative estimate of drug-likeness (QED) is 0.699. The Kier molecular flexibility index (Phi) is 6.68. The van der Waals surface area contributed by atoms with Crippen molar-refractivity contribution in [1.82, 2.24) is 9.88 Å². The van der Waals surface area contributed by atoms with Crippen molar-refractivity contribution in [3.05, 3.63) is 28.8 Å². The minimum Gasteiger partial charge on any atom is -0.490 e. The number of nitrogens with zero attached hydrogens (tertiary/aromatic N) is 2. The van der Waals surface area contributed by atoms with E-state index in [-0.39, 0.29) is 0 Å². The van der Waals surface area contributed by atoms with Gasteiger partial charge in [0, 0.05) is 12.1 Å². The lowest BCUT2D eigenvalue weighted by molar-refractivity contribution is 0.0701. The first-order valence-electron chi connectivity index (χ1n) is 9.47. The van der Waals surface area contributed by atoms with Crippen LogP contribution in [0.5, 0.6) is 11.5 Å². The molecule has 1 aromatic carbocycles. The van der Waals surface area contributed by atoms with Gasteiger partial charge in [0.1, 0.15) is 16.5 Å². The molecule has 146 valence electrons. The van der Waals surface area contributed by atoms with Gasteiger partial charge in [0.2, 0.25) is 0 Å². The Labute approximate surface area is 163 Å². The van der Waals surface area contributed by atoms with E-state index in [2.05, 4.69) is 9.88 Å². The maximum Gasteiger partial charge on any atom is 0.347 e. The van der Waals surface area contributed by atoms with Crippen LogP contribution < -0.4 is 9.47 Å². The molecule has 0 amide bonds. The number of carboxylic acid groups (broad SMARTS) is 1. The summed E-state index contributed by atoms with van der Waals surface area (Å²) in [6.45, 7) is 8.22. The topological polar surface area (TPSA) is 71.9 Å². The van der Waals surface area contributed by atoms with Crippen LogP contribution in [0.2, 0.25) is 0 Å².